The van der Waals surface area contributed by atoms with E-state index in [-0.39, 0.29) is 12.1 Å². The zero-order chi connectivity index (χ0) is 12.5. The van der Waals surface area contributed by atoms with E-state index < -0.39 is 0 Å². The lowest BCUT2D eigenvalue weighted by molar-refractivity contribution is 0.0859. The molecule has 0 radical (unpaired) electrons. The first-order valence-corrected chi connectivity index (χ1v) is 6.98. The van der Waals surface area contributed by atoms with E-state index in [4.69, 9.17) is 0 Å². The first-order chi connectivity index (χ1) is 8.77. The number of nitrogens with zero attached hydrogens (tertiary/aromatic N) is 1. The Hall–Kier alpha value is -0.900. The van der Waals surface area contributed by atoms with E-state index in [9.17, 15) is 5.11 Å². The molecule has 4 atom stereocenters. The van der Waals surface area contributed by atoms with Gasteiger partial charge in [-0.15, -0.1) is 0 Å². The number of nitrogens with one attached hydrogen (secondary N) is 1. The smallest absolute Gasteiger partial charge is 0.0752 e. The second kappa shape index (κ2) is 5.00. The largest absolute Gasteiger partial charge is 0.391 e. The molecule has 2 heterocycles. The van der Waals surface area contributed by atoms with Crippen LogP contribution in [-0.2, 0) is 0 Å². The fourth-order valence-corrected chi connectivity index (χ4v) is 3.60. The third-order valence-electron chi connectivity index (χ3n) is 4.37. The van der Waals surface area contributed by atoms with Crippen LogP contribution in [0.3, 0.4) is 0 Å². The van der Waals surface area contributed by atoms with Gasteiger partial charge in [0.15, 0.2) is 0 Å². The van der Waals surface area contributed by atoms with E-state index >= 15 is 0 Å². The maximum Gasteiger partial charge on any atom is 0.0752 e. The van der Waals surface area contributed by atoms with Crippen molar-refractivity contribution in [2.75, 3.05) is 13.1 Å². The van der Waals surface area contributed by atoms with Crippen LogP contribution in [0.1, 0.15) is 31.4 Å². The van der Waals surface area contributed by atoms with Crippen LogP contribution >= 0.6 is 0 Å². The normalized spacial score (nSPS) is 37.2. The van der Waals surface area contributed by atoms with E-state index in [2.05, 4.69) is 41.4 Å². The maximum absolute atomic E-state index is 10.4. The molecule has 0 bridgehead atoms. The van der Waals surface area contributed by atoms with Crippen molar-refractivity contribution in [2.24, 2.45) is 0 Å². The average molecular weight is 246 g/mol. The van der Waals surface area contributed by atoms with Crippen LogP contribution in [0.15, 0.2) is 30.3 Å². The third-order valence-corrected chi connectivity index (χ3v) is 4.37. The van der Waals surface area contributed by atoms with Gasteiger partial charge in [0.05, 0.1) is 12.1 Å². The number of hydrogen-bond donors (Lipinski definition) is 2. The van der Waals surface area contributed by atoms with E-state index in [1.54, 1.807) is 0 Å². The minimum atomic E-state index is -0.233. The summed E-state index contributed by atoms with van der Waals surface area (Å²) in [5, 5.41) is 13.8. The van der Waals surface area contributed by atoms with Crippen molar-refractivity contribution in [3.8, 4) is 0 Å². The molecule has 2 fully saturated rings. The van der Waals surface area contributed by atoms with Gasteiger partial charge in [-0.05, 0) is 31.9 Å². The van der Waals surface area contributed by atoms with Gasteiger partial charge < -0.3 is 10.4 Å². The monoisotopic (exact) mass is 246 g/mol. The molecule has 0 amide bonds. The van der Waals surface area contributed by atoms with Crippen molar-refractivity contribution in [3.63, 3.8) is 0 Å². The van der Waals surface area contributed by atoms with Crippen LogP contribution in [-0.4, -0.2) is 41.3 Å². The predicted molar refractivity (Wildman–Crippen MR) is 72.4 cm³/mol. The third kappa shape index (κ3) is 2.07. The van der Waals surface area contributed by atoms with E-state index in [1.807, 2.05) is 6.07 Å². The number of aliphatic hydroxyl groups is 1. The Bertz CT molecular complexity index is 389. The van der Waals surface area contributed by atoms with Gasteiger partial charge in [-0.3, -0.25) is 4.90 Å². The van der Waals surface area contributed by atoms with E-state index in [0.717, 1.165) is 19.5 Å². The average Bonchev–Trinajstić information content (AvgIpc) is 2.97. The summed E-state index contributed by atoms with van der Waals surface area (Å²) < 4.78 is 0. The highest BCUT2D eigenvalue weighted by Gasteiger charge is 2.42. The highest BCUT2D eigenvalue weighted by atomic mass is 16.3. The molecule has 4 unspecified atom stereocenters. The highest BCUT2D eigenvalue weighted by molar-refractivity contribution is 5.22. The topological polar surface area (TPSA) is 35.5 Å². The summed E-state index contributed by atoms with van der Waals surface area (Å²) in [6.45, 7) is 4.40. The molecule has 2 aliphatic rings. The lowest BCUT2D eigenvalue weighted by Crippen LogP contribution is -2.41. The summed E-state index contributed by atoms with van der Waals surface area (Å²) in [7, 11) is 0. The van der Waals surface area contributed by atoms with Crippen LogP contribution in [0.25, 0.3) is 0 Å². The fraction of sp³-hybridized carbons (Fsp3) is 0.600. The highest BCUT2D eigenvalue weighted by Crippen LogP contribution is 2.38. The molecule has 1 aromatic rings. The number of likely N-dealkylation sites (tertiary alicyclic amines) is 1. The molecule has 1 aromatic carbocycles. The molecular weight excluding hydrogens is 224 g/mol. The Labute approximate surface area is 109 Å². The molecule has 0 aliphatic carbocycles. The molecule has 2 N–H and O–H groups in total. The van der Waals surface area contributed by atoms with Gasteiger partial charge in [0.25, 0.3) is 0 Å². The summed E-state index contributed by atoms with van der Waals surface area (Å²) in [4.78, 5) is 2.53. The Balaban J connectivity index is 1.89. The van der Waals surface area contributed by atoms with Crippen LogP contribution in [0.5, 0.6) is 0 Å². The molecule has 2 aliphatic heterocycles. The van der Waals surface area contributed by atoms with Crippen LogP contribution in [0.2, 0.25) is 0 Å². The Morgan fingerprint density at radius 1 is 1.28 bits per heavy atom. The lowest BCUT2D eigenvalue weighted by Gasteiger charge is -2.34. The number of aliphatic hydroxyl groups excluding tert-OH is 1. The number of hydrogen-bond acceptors (Lipinski definition) is 3. The molecule has 0 spiro atoms. The molecule has 3 rings (SSSR count). The molecule has 98 valence electrons. The van der Waals surface area contributed by atoms with Gasteiger partial charge in [-0.1, -0.05) is 30.3 Å². The van der Waals surface area contributed by atoms with Crippen LogP contribution in [0.4, 0.5) is 0 Å². The zero-order valence-corrected chi connectivity index (χ0v) is 10.9. The minimum absolute atomic E-state index is 0.172. The van der Waals surface area contributed by atoms with Crippen molar-refractivity contribution in [1.82, 2.24) is 10.2 Å². The van der Waals surface area contributed by atoms with Crippen molar-refractivity contribution in [3.05, 3.63) is 35.9 Å². The van der Waals surface area contributed by atoms with E-state index in [0.29, 0.717) is 12.1 Å². The SMILES string of the molecule is CC1CC(O)C(c2ccccc2)N1C1CCNC1. The van der Waals surface area contributed by atoms with Crippen LogP contribution in [0, 0.1) is 0 Å². The Kier molecular flexibility index (Phi) is 3.37. The quantitative estimate of drug-likeness (QED) is 0.831. The Morgan fingerprint density at radius 2 is 2.06 bits per heavy atom. The summed E-state index contributed by atoms with van der Waals surface area (Å²) in [5.74, 6) is 0. The minimum Gasteiger partial charge on any atom is -0.391 e. The molecule has 3 nitrogen and oxygen atoms in total. The van der Waals surface area contributed by atoms with Gasteiger partial charge in [0, 0.05) is 18.6 Å². The van der Waals surface area contributed by atoms with Gasteiger partial charge in [0.1, 0.15) is 0 Å². The second-order valence-corrected chi connectivity index (χ2v) is 5.60. The summed E-state index contributed by atoms with van der Waals surface area (Å²) in [6.07, 6.45) is 1.85. The molecular formula is C15H22N2O. The first kappa shape index (κ1) is 12.2. The van der Waals surface area contributed by atoms with Crippen LogP contribution < -0.4 is 5.32 Å². The van der Waals surface area contributed by atoms with Crippen molar-refractivity contribution < 1.29 is 5.11 Å². The van der Waals surface area contributed by atoms with Crippen molar-refractivity contribution in [1.29, 1.82) is 0 Å². The number of benzene rings is 1. The van der Waals surface area contributed by atoms with Crippen molar-refractivity contribution in [2.45, 2.75) is 44.0 Å². The lowest BCUT2D eigenvalue weighted by atomic mass is 10.0. The summed E-state index contributed by atoms with van der Waals surface area (Å²) >= 11 is 0. The predicted octanol–water partition coefficient (Wildman–Crippen LogP) is 1.54. The van der Waals surface area contributed by atoms with Gasteiger partial charge in [-0.25, -0.2) is 0 Å². The van der Waals surface area contributed by atoms with Gasteiger partial charge in [-0.2, -0.15) is 0 Å². The zero-order valence-electron chi connectivity index (χ0n) is 10.9. The summed E-state index contributed by atoms with van der Waals surface area (Å²) in [5.41, 5.74) is 1.25. The van der Waals surface area contributed by atoms with Gasteiger partial charge >= 0.3 is 0 Å². The molecule has 0 aromatic heterocycles. The van der Waals surface area contributed by atoms with Crippen molar-refractivity contribution >= 4 is 0 Å². The first-order valence-electron chi connectivity index (χ1n) is 6.98. The molecule has 2 saturated heterocycles. The molecule has 18 heavy (non-hydrogen) atoms. The standard InChI is InChI=1S/C15H22N2O/c1-11-9-14(18)15(12-5-3-2-4-6-12)17(11)13-7-8-16-10-13/h2-6,11,13-16,18H,7-10H2,1H3. The summed E-state index contributed by atoms with van der Waals surface area (Å²) in [6, 6.07) is 11.7. The fourth-order valence-electron chi connectivity index (χ4n) is 3.60. The Morgan fingerprint density at radius 3 is 2.72 bits per heavy atom. The maximum atomic E-state index is 10.4. The molecule has 3 heteroatoms. The van der Waals surface area contributed by atoms with E-state index in [1.165, 1.54) is 12.0 Å². The van der Waals surface area contributed by atoms with Gasteiger partial charge in [0.2, 0.25) is 0 Å². The second-order valence-electron chi connectivity index (χ2n) is 5.60. The molecule has 0 saturated carbocycles. The number of rotatable bonds is 2.